The average Bonchev–Trinajstić information content (AvgIpc) is 2.63. The summed E-state index contributed by atoms with van der Waals surface area (Å²) in [6, 6.07) is 5.15. The fraction of sp³-hybridized carbons (Fsp3) is 0.600. The van der Waals surface area contributed by atoms with E-state index >= 15 is 0 Å². The molecule has 0 spiro atoms. The molecule has 1 aromatic carbocycles. The van der Waals surface area contributed by atoms with Gasteiger partial charge in [0.05, 0.1) is 0 Å². The molecule has 1 saturated heterocycles. The van der Waals surface area contributed by atoms with Gasteiger partial charge in [-0.15, -0.1) is 0 Å². The summed E-state index contributed by atoms with van der Waals surface area (Å²) in [5.41, 5.74) is 2.26. The highest BCUT2D eigenvalue weighted by atomic mass is 79.9. The molecule has 0 radical (unpaired) electrons. The highest BCUT2D eigenvalue weighted by Crippen LogP contribution is 2.28. The van der Waals surface area contributed by atoms with E-state index in [9.17, 15) is 4.39 Å². The summed E-state index contributed by atoms with van der Waals surface area (Å²) in [7, 11) is 0. The van der Waals surface area contributed by atoms with Crippen LogP contribution in [-0.2, 0) is 5.33 Å². The van der Waals surface area contributed by atoms with Gasteiger partial charge < -0.3 is 4.90 Å². The lowest BCUT2D eigenvalue weighted by atomic mass is 9.98. The van der Waals surface area contributed by atoms with Crippen molar-refractivity contribution in [1.29, 1.82) is 0 Å². The predicted octanol–water partition coefficient (Wildman–Crippen LogP) is 4.74. The highest BCUT2D eigenvalue weighted by molar-refractivity contribution is 9.08. The number of rotatable bonds is 3. The molecule has 1 aliphatic rings. The lowest BCUT2D eigenvalue weighted by molar-refractivity contribution is 0.459. The van der Waals surface area contributed by atoms with Gasteiger partial charge in [0.2, 0.25) is 0 Å². The van der Waals surface area contributed by atoms with E-state index in [-0.39, 0.29) is 5.82 Å². The second-order valence-corrected chi connectivity index (χ2v) is 5.66. The third-order valence-electron chi connectivity index (χ3n) is 3.95. The normalized spacial score (nSPS) is 20.8. The minimum Gasteiger partial charge on any atom is -0.371 e. The van der Waals surface area contributed by atoms with Crippen molar-refractivity contribution in [3.8, 4) is 0 Å². The molecular formula is C15H21BrFN. The summed E-state index contributed by atoms with van der Waals surface area (Å²) in [5.74, 6) is 0.720. The monoisotopic (exact) mass is 313 g/mol. The van der Waals surface area contributed by atoms with Crippen LogP contribution in [0.4, 0.5) is 10.1 Å². The van der Waals surface area contributed by atoms with Gasteiger partial charge in [0.1, 0.15) is 5.82 Å². The number of nitrogens with zero attached hydrogens (tertiary/aromatic N) is 1. The quantitative estimate of drug-likeness (QED) is 0.729. The Morgan fingerprint density at radius 3 is 2.89 bits per heavy atom. The molecule has 0 aromatic heterocycles. The van der Waals surface area contributed by atoms with E-state index in [0.29, 0.717) is 5.33 Å². The van der Waals surface area contributed by atoms with Gasteiger partial charge in [-0.05, 0) is 48.9 Å². The number of hydrogen-bond donors (Lipinski definition) is 0. The number of benzene rings is 1. The molecule has 1 atom stereocenters. The van der Waals surface area contributed by atoms with E-state index in [0.717, 1.165) is 24.6 Å². The largest absolute Gasteiger partial charge is 0.371 e. The summed E-state index contributed by atoms with van der Waals surface area (Å²) in [6.07, 6.45) is 5.12. The summed E-state index contributed by atoms with van der Waals surface area (Å²) in [4.78, 5) is 2.42. The van der Waals surface area contributed by atoms with E-state index < -0.39 is 0 Å². The SMILES string of the molecule is CCC1CCCN(c2ccc(F)cc2CBr)CC1. The zero-order chi connectivity index (χ0) is 13.0. The van der Waals surface area contributed by atoms with E-state index in [1.165, 1.54) is 31.4 Å². The number of hydrogen-bond acceptors (Lipinski definition) is 1. The third kappa shape index (κ3) is 3.25. The van der Waals surface area contributed by atoms with Crippen LogP contribution in [0.25, 0.3) is 0 Å². The maximum atomic E-state index is 13.3. The van der Waals surface area contributed by atoms with Crippen molar-refractivity contribution < 1.29 is 4.39 Å². The van der Waals surface area contributed by atoms with Crippen molar-refractivity contribution in [1.82, 2.24) is 0 Å². The van der Waals surface area contributed by atoms with Gasteiger partial charge >= 0.3 is 0 Å². The van der Waals surface area contributed by atoms with Crippen LogP contribution in [0, 0.1) is 11.7 Å². The van der Waals surface area contributed by atoms with Gasteiger partial charge in [0.25, 0.3) is 0 Å². The van der Waals surface area contributed by atoms with Gasteiger partial charge in [-0.25, -0.2) is 4.39 Å². The van der Waals surface area contributed by atoms with E-state index in [1.807, 2.05) is 6.07 Å². The predicted molar refractivity (Wildman–Crippen MR) is 78.9 cm³/mol. The van der Waals surface area contributed by atoms with Crippen molar-refractivity contribution in [3.05, 3.63) is 29.6 Å². The molecule has 0 saturated carbocycles. The average molecular weight is 314 g/mol. The van der Waals surface area contributed by atoms with Crippen LogP contribution in [0.2, 0.25) is 0 Å². The summed E-state index contributed by atoms with van der Waals surface area (Å²) >= 11 is 3.46. The standard InChI is InChI=1S/C15H21BrFN/c1-2-12-4-3-8-18(9-7-12)15-6-5-14(17)10-13(15)11-16/h5-6,10,12H,2-4,7-9,11H2,1H3. The van der Waals surface area contributed by atoms with Crippen molar-refractivity contribution in [2.24, 2.45) is 5.92 Å². The van der Waals surface area contributed by atoms with Crippen LogP contribution in [0.5, 0.6) is 0 Å². The van der Waals surface area contributed by atoms with E-state index in [4.69, 9.17) is 0 Å². The zero-order valence-electron chi connectivity index (χ0n) is 11.0. The molecule has 1 heterocycles. The topological polar surface area (TPSA) is 3.24 Å². The van der Waals surface area contributed by atoms with Gasteiger partial charge in [0.15, 0.2) is 0 Å². The van der Waals surface area contributed by atoms with Gasteiger partial charge in [-0.1, -0.05) is 29.3 Å². The first-order valence-corrected chi connectivity index (χ1v) is 7.96. The molecule has 18 heavy (non-hydrogen) atoms. The highest BCUT2D eigenvalue weighted by Gasteiger charge is 2.17. The molecule has 1 fully saturated rings. The molecule has 1 aliphatic heterocycles. The summed E-state index contributed by atoms with van der Waals surface area (Å²) in [6.45, 7) is 4.48. The Hall–Kier alpha value is -0.570. The van der Waals surface area contributed by atoms with Crippen LogP contribution in [0.3, 0.4) is 0 Å². The first kappa shape index (κ1) is 13.9. The van der Waals surface area contributed by atoms with Crippen LogP contribution in [-0.4, -0.2) is 13.1 Å². The molecular weight excluding hydrogens is 293 g/mol. The fourth-order valence-electron chi connectivity index (χ4n) is 2.78. The minimum atomic E-state index is -0.144. The van der Waals surface area contributed by atoms with Crippen molar-refractivity contribution in [3.63, 3.8) is 0 Å². The van der Waals surface area contributed by atoms with Crippen LogP contribution < -0.4 is 4.90 Å². The third-order valence-corrected chi connectivity index (χ3v) is 4.56. The Balaban J connectivity index is 2.15. The maximum absolute atomic E-state index is 13.3. The Kier molecular flexibility index (Phi) is 5.04. The smallest absolute Gasteiger partial charge is 0.123 e. The Morgan fingerprint density at radius 1 is 1.33 bits per heavy atom. The Morgan fingerprint density at radius 2 is 2.17 bits per heavy atom. The molecule has 1 unspecified atom stereocenters. The summed E-state index contributed by atoms with van der Waals surface area (Å²) < 4.78 is 13.3. The fourth-order valence-corrected chi connectivity index (χ4v) is 3.23. The van der Waals surface area contributed by atoms with Gasteiger partial charge in [-0.3, -0.25) is 0 Å². The first-order valence-electron chi connectivity index (χ1n) is 6.84. The van der Waals surface area contributed by atoms with Crippen LogP contribution in [0.1, 0.15) is 38.2 Å². The van der Waals surface area contributed by atoms with Crippen molar-refractivity contribution >= 4 is 21.6 Å². The number of halogens is 2. The zero-order valence-corrected chi connectivity index (χ0v) is 12.5. The number of alkyl halides is 1. The molecule has 1 aromatic rings. The van der Waals surface area contributed by atoms with E-state index in [1.54, 1.807) is 12.1 Å². The summed E-state index contributed by atoms with van der Waals surface area (Å²) in [5, 5.41) is 0.716. The Labute approximate surface area is 118 Å². The molecule has 100 valence electrons. The molecule has 2 rings (SSSR count). The van der Waals surface area contributed by atoms with Gasteiger partial charge in [0, 0.05) is 24.1 Å². The van der Waals surface area contributed by atoms with E-state index in [2.05, 4.69) is 27.8 Å². The lowest BCUT2D eigenvalue weighted by Gasteiger charge is -2.25. The number of anilines is 1. The van der Waals surface area contributed by atoms with Gasteiger partial charge in [-0.2, -0.15) is 0 Å². The second-order valence-electron chi connectivity index (χ2n) is 5.10. The molecule has 0 bridgehead atoms. The molecule has 0 aliphatic carbocycles. The van der Waals surface area contributed by atoms with Crippen LogP contribution in [0.15, 0.2) is 18.2 Å². The van der Waals surface area contributed by atoms with Crippen molar-refractivity contribution in [2.75, 3.05) is 18.0 Å². The maximum Gasteiger partial charge on any atom is 0.123 e. The minimum absolute atomic E-state index is 0.144. The molecule has 1 nitrogen and oxygen atoms in total. The van der Waals surface area contributed by atoms with Crippen LogP contribution >= 0.6 is 15.9 Å². The molecule has 3 heteroatoms. The Bertz CT molecular complexity index is 394. The first-order chi connectivity index (χ1) is 8.74. The van der Waals surface area contributed by atoms with Crippen molar-refractivity contribution in [2.45, 2.75) is 37.9 Å². The molecule has 0 amide bonds. The second kappa shape index (κ2) is 6.55. The lowest BCUT2D eigenvalue weighted by Crippen LogP contribution is -2.25. The molecule has 0 N–H and O–H groups in total.